The van der Waals surface area contributed by atoms with Gasteiger partial charge in [-0.1, -0.05) is 60.7 Å². The highest BCUT2D eigenvalue weighted by atomic mass is 31.1. The third kappa shape index (κ3) is 3.59. The molecule has 0 bridgehead atoms. The maximum atomic E-state index is 11.7. The molecule has 3 aromatic carbocycles. The monoisotopic (exact) mass is 350 g/mol. The second-order valence-electron chi connectivity index (χ2n) is 5.35. The van der Waals surface area contributed by atoms with Crippen molar-refractivity contribution in [3.63, 3.8) is 0 Å². The Kier molecular flexibility index (Phi) is 4.92. The van der Waals surface area contributed by atoms with Crippen molar-refractivity contribution in [2.45, 2.75) is 0 Å². The van der Waals surface area contributed by atoms with Crippen LogP contribution < -0.4 is 15.9 Å². The summed E-state index contributed by atoms with van der Waals surface area (Å²) in [5.74, 6) is -2.14. The van der Waals surface area contributed by atoms with Crippen LogP contribution in [0.3, 0.4) is 0 Å². The Bertz CT molecular complexity index is 868. The molecule has 5 heteroatoms. The van der Waals surface area contributed by atoms with Crippen LogP contribution >= 0.6 is 7.92 Å². The summed E-state index contributed by atoms with van der Waals surface area (Å²) in [5, 5.41) is 21.4. The predicted octanol–water partition coefficient (Wildman–Crippen LogP) is 2.84. The van der Waals surface area contributed by atoms with Gasteiger partial charge in [0.25, 0.3) is 0 Å². The predicted molar refractivity (Wildman–Crippen MR) is 99.1 cm³/mol. The van der Waals surface area contributed by atoms with Gasteiger partial charge in [-0.2, -0.15) is 0 Å². The van der Waals surface area contributed by atoms with Crippen LogP contribution in [0.25, 0.3) is 0 Å². The summed E-state index contributed by atoms with van der Waals surface area (Å²) in [6, 6.07) is 23.3. The molecule has 0 atom stereocenters. The number of carboxylic acid groups (broad SMARTS) is 2. The van der Waals surface area contributed by atoms with Crippen molar-refractivity contribution in [1.82, 2.24) is 0 Å². The second-order valence-corrected chi connectivity index (χ2v) is 7.53. The molecule has 0 spiro atoms. The molecule has 124 valence electrons. The average Bonchev–Trinajstić information content (AvgIpc) is 2.63. The number of rotatable bonds is 5. The van der Waals surface area contributed by atoms with Crippen molar-refractivity contribution in [3.8, 4) is 0 Å². The van der Waals surface area contributed by atoms with Gasteiger partial charge in [-0.15, -0.1) is 0 Å². The van der Waals surface area contributed by atoms with Gasteiger partial charge >= 0.3 is 11.9 Å². The molecule has 0 saturated heterocycles. The lowest BCUT2D eigenvalue weighted by molar-refractivity contribution is 0.0682. The number of hydrogen-bond donors (Lipinski definition) is 2. The minimum atomic E-state index is -1.18. The van der Waals surface area contributed by atoms with Crippen molar-refractivity contribution in [3.05, 3.63) is 90.0 Å². The molecule has 0 amide bonds. The second kappa shape index (κ2) is 7.29. The molecule has 2 N–H and O–H groups in total. The molecule has 4 nitrogen and oxygen atoms in total. The molecule has 3 rings (SSSR count). The Hall–Kier alpha value is -2.97. The summed E-state index contributed by atoms with van der Waals surface area (Å²) in [7, 11) is -1.18. The zero-order valence-corrected chi connectivity index (χ0v) is 14.1. The zero-order chi connectivity index (χ0) is 17.8. The molecule has 0 radical (unpaired) electrons. The van der Waals surface area contributed by atoms with Crippen LogP contribution in [0.1, 0.15) is 20.7 Å². The van der Waals surface area contributed by atoms with E-state index >= 15 is 0 Å². The molecular formula is C20H15O4P. The summed E-state index contributed by atoms with van der Waals surface area (Å²) in [6.07, 6.45) is 0. The first-order valence-electron chi connectivity index (χ1n) is 7.59. The number of hydrogen-bond acceptors (Lipinski definition) is 2. The zero-order valence-electron chi connectivity index (χ0n) is 13.2. The van der Waals surface area contributed by atoms with E-state index in [2.05, 4.69) is 0 Å². The molecule has 0 saturated carbocycles. The summed E-state index contributed by atoms with van der Waals surface area (Å²) < 4.78 is 0. The van der Waals surface area contributed by atoms with Crippen LogP contribution in [0.15, 0.2) is 78.9 Å². The summed E-state index contributed by atoms with van der Waals surface area (Å²) in [5.41, 5.74) is 0.211. The largest absolute Gasteiger partial charge is 0.478 e. The average molecular weight is 350 g/mol. The lowest BCUT2D eigenvalue weighted by atomic mass is 10.1. The third-order valence-electron chi connectivity index (χ3n) is 3.74. The van der Waals surface area contributed by atoms with E-state index in [1.54, 1.807) is 0 Å². The number of benzene rings is 3. The summed E-state index contributed by atoms with van der Waals surface area (Å²) >= 11 is 0. The number of carboxylic acids is 2. The van der Waals surface area contributed by atoms with Gasteiger partial charge in [0.05, 0.1) is 11.1 Å². The van der Waals surface area contributed by atoms with E-state index in [-0.39, 0.29) is 11.1 Å². The van der Waals surface area contributed by atoms with Crippen LogP contribution in [-0.4, -0.2) is 22.2 Å². The van der Waals surface area contributed by atoms with Crippen molar-refractivity contribution in [2.75, 3.05) is 0 Å². The van der Waals surface area contributed by atoms with Crippen molar-refractivity contribution >= 4 is 35.8 Å². The summed E-state index contributed by atoms with van der Waals surface area (Å²) in [4.78, 5) is 23.1. The van der Waals surface area contributed by atoms with E-state index in [0.717, 1.165) is 10.6 Å². The first kappa shape index (κ1) is 16.9. The van der Waals surface area contributed by atoms with Crippen molar-refractivity contribution in [1.29, 1.82) is 0 Å². The van der Waals surface area contributed by atoms with Crippen LogP contribution in [0.2, 0.25) is 0 Å². The van der Waals surface area contributed by atoms with Gasteiger partial charge in [-0.05, 0) is 36.7 Å². The van der Waals surface area contributed by atoms with Crippen molar-refractivity contribution < 1.29 is 19.8 Å². The first-order chi connectivity index (χ1) is 12.1. The van der Waals surface area contributed by atoms with Gasteiger partial charge in [-0.25, -0.2) is 9.59 Å². The molecule has 0 heterocycles. The fourth-order valence-electron chi connectivity index (χ4n) is 2.61. The van der Waals surface area contributed by atoms with Crippen molar-refractivity contribution in [2.24, 2.45) is 0 Å². The fraction of sp³-hybridized carbons (Fsp3) is 0. The van der Waals surface area contributed by atoms with Gasteiger partial charge in [-0.3, -0.25) is 0 Å². The Labute approximate surface area is 146 Å². The van der Waals surface area contributed by atoms with E-state index in [4.69, 9.17) is 0 Å². The van der Waals surface area contributed by atoms with Crippen LogP contribution in [-0.2, 0) is 0 Å². The van der Waals surface area contributed by atoms with Gasteiger partial charge in [0.15, 0.2) is 0 Å². The summed E-state index contributed by atoms with van der Waals surface area (Å²) in [6.45, 7) is 0. The normalized spacial score (nSPS) is 10.6. The van der Waals surface area contributed by atoms with Gasteiger partial charge in [0.1, 0.15) is 0 Å². The molecule has 0 fully saturated rings. The minimum absolute atomic E-state index is 0.0827. The minimum Gasteiger partial charge on any atom is -0.478 e. The maximum absolute atomic E-state index is 11.7. The Morgan fingerprint density at radius 1 is 0.680 bits per heavy atom. The highest BCUT2D eigenvalue weighted by Gasteiger charge is 2.23. The van der Waals surface area contributed by atoms with Crippen LogP contribution in [0.4, 0.5) is 0 Å². The molecule has 3 aromatic rings. The van der Waals surface area contributed by atoms with E-state index in [0.29, 0.717) is 5.30 Å². The molecule has 0 aliphatic heterocycles. The number of aromatic carboxylic acids is 2. The molecule has 25 heavy (non-hydrogen) atoms. The smallest absolute Gasteiger partial charge is 0.336 e. The van der Waals surface area contributed by atoms with E-state index < -0.39 is 19.9 Å². The first-order valence-corrected chi connectivity index (χ1v) is 8.93. The lowest BCUT2D eigenvalue weighted by Gasteiger charge is -2.21. The Balaban J connectivity index is 2.28. The van der Waals surface area contributed by atoms with Crippen LogP contribution in [0.5, 0.6) is 0 Å². The van der Waals surface area contributed by atoms with E-state index in [1.165, 1.54) is 18.2 Å². The third-order valence-corrected chi connectivity index (χ3v) is 6.23. The standard InChI is InChI=1S/C20H15O4P/c21-19(22)14-11-12-17(20(23)24)18(13-14)25(15-7-3-1-4-8-15)16-9-5-2-6-10-16/h1-13H,(H,21,22)(H,23,24). The molecule has 0 aromatic heterocycles. The molecule has 0 aliphatic carbocycles. The Morgan fingerprint density at radius 2 is 1.20 bits per heavy atom. The highest BCUT2D eigenvalue weighted by Crippen LogP contribution is 2.34. The van der Waals surface area contributed by atoms with Gasteiger partial charge < -0.3 is 10.2 Å². The van der Waals surface area contributed by atoms with Gasteiger partial charge in [0, 0.05) is 5.30 Å². The molecule has 0 aliphatic rings. The topological polar surface area (TPSA) is 74.6 Å². The van der Waals surface area contributed by atoms with E-state index in [9.17, 15) is 19.8 Å². The van der Waals surface area contributed by atoms with Crippen LogP contribution in [0, 0.1) is 0 Å². The van der Waals surface area contributed by atoms with E-state index in [1.807, 2.05) is 60.7 Å². The number of carbonyl (C=O) groups is 2. The quantitative estimate of drug-likeness (QED) is 0.694. The Morgan fingerprint density at radius 3 is 1.64 bits per heavy atom. The van der Waals surface area contributed by atoms with Gasteiger partial charge in [0.2, 0.25) is 0 Å². The molecular weight excluding hydrogens is 335 g/mol. The maximum Gasteiger partial charge on any atom is 0.336 e. The highest BCUT2D eigenvalue weighted by molar-refractivity contribution is 7.80. The lowest BCUT2D eigenvalue weighted by Crippen LogP contribution is -2.26. The SMILES string of the molecule is O=C(O)c1ccc(C(=O)O)c(P(c2ccccc2)c2ccccc2)c1. The molecule has 0 unspecified atom stereocenters. The fourth-order valence-corrected chi connectivity index (χ4v) is 5.09.